The Labute approximate surface area is 126 Å². The SMILES string of the molecule is CCN1CCCC1CN(C)C(=O)C(Cl)c1ccccc1. The summed E-state index contributed by atoms with van der Waals surface area (Å²) >= 11 is 6.30. The van der Waals surface area contributed by atoms with Gasteiger partial charge in [-0.2, -0.15) is 0 Å². The molecule has 1 aromatic rings. The van der Waals surface area contributed by atoms with E-state index in [1.807, 2.05) is 37.4 Å². The fraction of sp³-hybridized carbons (Fsp3) is 0.562. The standard InChI is InChI=1S/C16H23ClN2O/c1-3-19-11-7-10-14(19)12-18(2)16(20)15(17)13-8-5-4-6-9-13/h4-6,8-9,14-15H,3,7,10-12H2,1-2H3. The number of carbonyl (C=O) groups is 1. The molecule has 2 atom stereocenters. The van der Waals surface area contributed by atoms with Gasteiger partial charge >= 0.3 is 0 Å². The summed E-state index contributed by atoms with van der Waals surface area (Å²) in [5.74, 6) is -0.0131. The van der Waals surface area contributed by atoms with E-state index in [2.05, 4.69) is 11.8 Å². The summed E-state index contributed by atoms with van der Waals surface area (Å²) in [5, 5.41) is -0.585. The summed E-state index contributed by atoms with van der Waals surface area (Å²) in [4.78, 5) is 16.6. The van der Waals surface area contributed by atoms with Crippen LogP contribution in [-0.2, 0) is 4.79 Å². The van der Waals surface area contributed by atoms with Crippen molar-refractivity contribution in [2.75, 3.05) is 26.7 Å². The van der Waals surface area contributed by atoms with Gasteiger partial charge in [0.25, 0.3) is 0 Å². The second-order valence-electron chi connectivity index (χ2n) is 5.42. The maximum atomic E-state index is 12.4. The Morgan fingerprint density at radius 2 is 2.15 bits per heavy atom. The Bertz CT molecular complexity index is 437. The van der Waals surface area contributed by atoms with E-state index in [4.69, 9.17) is 11.6 Å². The average molecular weight is 295 g/mol. The van der Waals surface area contributed by atoms with Gasteiger partial charge in [0.1, 0.15) is 5.38 Å². The summed E-state index contributed by atoms with van der Waals surface area (Å²) in [7, 11) is 1.85. The van der Waals surface area contributed by atoms with Crippen LogP contribution in [0.5, 0.6) is 0 Å². The second-order valence-corrected chi connectivity index (χ2v) is 5.85. The molecule has 1 amide bonds. The van der Waals surface area contributed by atoms with Crippen LogP contribution in [0, 0.1) is 0 Å². The Balaban J connectivity index is 1.95. The van der Waals surface area contributed by atoms with Crippen molar-refractivity contribution in [3.05, 3.63) is 35.9 Å². The smallest absolute Gasteiger partial charge is 0.244 e. The fourth-order valence-electron chi connectivity index (χ4n) is 2.88. The molecule has 0 bridgehead atoms. The third kappa shape index (κ3) is 3.53. The Kier molecular flexibility index (Phi) is 5.44. The second kappa shape index (κ2) is 7.09. The number of amides is 1. The average Bonchev–Trinajstić information content (AvgIpc) is 2.93. The Morgan fingerprint density at radius 1 is 1.45 bits per heavy atom. The highest BCUT2D eigenvalue weighted by Crippen LogP contribution is 2.24. The first-order chi connectivity index (χ1) is 9.63. The Morgan fingerprint density at radius 3 is 2.80 bits per heavy atom. The first kappa shape index (κ1) is 15.3. The summed E-state index contributed by atoms with van der Waals surface area (Å²) in [6.45, 7) is 5.14. The molecule has 1 fully saturated rings. The quantitative estimate of drug-likeness (QED) is 0.780. The maximum absolute atomic E-state index is 12.4. The van der Waals surface area contributed by atoms with Crippen LogP contribution in [0.2, 0.25) is 0 Å². The molecule has 0 N–H and O–H groups in total. The summed E-state index contributed by atoms with van der Waals surface area (Å²) in [6.07, 6.45) is 2.40. The summed E-state index contributed by atoms with van der Waals surface area (Å²) < 4.78 is 0. The number of carbonyl (C=O) groups excluding carboxylic acids is 1. The topological polar surface area (TPSA) is 23.6 Å². The van der Waals surface area contributed by atoms with Gasteiger partial charge in [-0.1, -0.05) is 37.3 Å². The molecule has 110 valence electrons. The molecule has 2 unspecified atom stereocenters. The van der Waals surface area contributed by atoms with Crippen LogP contribution in [-0.4, -0.2) is 48.4 Å². The minimum Gasteiger partial charge on any atom is -0.343 e. The highest BCUT2D eigenvalue weighted by molar-refractivity contribution is 6.30. The lowest BCUT2D eigenvalue weighted by atomic mass is 10.1. The lowest BCUT2D eigenvalue weighted by Crippen LogP contribution is -2.42. The molecule has 0 aromatic heterocycles. The van der Waals surface area contributed by atoms with Crippen LogP contribution >= 0.6 is 11.6 Å². The van der Waals surface area contributed by atoms with E-state index < -0.39 is 5.38 Å². The van der Waals surface area contributed by atoms with Crippen molar-refractivity contribution in [2.24, 2.45) is 0 Å². The summed E-state index contributed by atoms with van der Waals surface area (Å²) in [5.41, 5.74) is 0.866. The largest absolute Gasteiger partial charge is 0.343 e. The van der Waals surface area contributed by atoms with Crippen molar-refractivity contribution in [2.45, 2.75) is 31.2 Å². The molecule has 20 heavy (non-hydrogen) atoms. The number of rotatable bonds is 5. The van der Waals surface area contributed by atoms with Crippen LogP contribution in [0.25, 0.3) is 0 Å². The molecule has 4 heteroatoms. The minimum absolute atomic E-state index is 0.0131. The highest BCUT2D eigenvalue weighted by Gasteiger charge is 2.28. The molecule has 1 aromatic carbocycles. The predicted octanol–water partition coefficient (Wildman–Crippen LogP) is 2.91. The maximum Gasteiger partial charge on any atom is 0.244 e. The zero-order valence-electron chi connectivity index (χ0n) is 12.3. The van der Waals surface area contributed by atoms with Gasteiger partial charge in [-0.15, -0.1) is 11.6 Å². The molecule has 1 aliphatic rings. The highest BCUT2D eigenvalue weighted by atomic mass is 35.5. The van der Waals surface area contributed by atoms with Gasteiger partial charge in [-0.3, -0.25) is 9.69 Å². The number of likely N-dealkylation sites (N-methyl/N-ethyl adjacent to an activating group) is 2. The van der Waals surface area contributed by atoms with Crippen LogP contribution in [0.15, 0.2) is 30.3 Å². The van der Waals surface area contributed by atoms with Crippen molar-refractivity contribution in [1.29, 1.82) is 0 Å². The van der Waals surface area contributed by atoms with Crippen molar-refractivity contribution >= 4 is 17.5 Å². The lowest BCUT2D eigenvalue weighted by molar-refractivity contribution is -0.130. The van der Waals surface area contributed by atoms with Gasteiger partial charge in [-0.25, -0.2) is 0 Å². The molecule has 0 spiro atoms. The van der Waals surface area contributed by atoms with Gasteiger partial charge in [0.2, 0.25) is 5.91 Å². The van der Waals surface area contributed by atoms with E-state index in [1.54, 1.807) is 4.90 Å². The van der Waals surface area contributed by atoms with Crippen molar-refractivity contribution in [3.63, 3.8) is 0 Å². The van der Waals surface area contributed by atoms with E-state index in [-0.39, 0.29) is 5.91 Å². The van der Waals surface area contributed by atoms with Crippen molar-refractivity contribution < 1.29 is 4.79 Å². The number of halogens is 1. The summed E-state index contributed by atoms with van der Waals surface area (Å²) in [6, 6.07) is 10.0. The molecule has 1 aliphatic heterocycles. The molecule has 3 nitrogen and oxygen atoms in total. The molecular weight excluding hydrogens is 272 g/mol. The molecule has 2 rings (SSSR count). The van der Waals surface area contributed by atoms with Crippen molar-refractivity contribution in [3.8, 4) is 0 Å². The number of hydrogen-bond acceptors (Lipinski definition) is 2. The molecule has 0 saturated carbocycles. The number of hydrogen-bond donors (Lipinski definition) is 0. The molecule has 1 saturated heterocycles. The lowest BCUT2D eigenvalue weighted by Gasteiger charge is -2.28. The van der Waals surface area contributed by atoms with Gasteiger partial charge in [-0.05, 0) is 31.5 Å². The fourth-order valence-corrected chi connectivity index (χ4v) is 3.19. The van der Waals surface area contributed by atoms with Crippen molar-refractivity contribution in [1.82, 2.24) is 9.80 Å². The van der Waals surface area contributed by atoms with Crippen LogP contribution in [0.3, 0.4) is 0 Å². The zero-order valence-corrected chi connectivity index (χ0v) is 13.0. The number of likely N-dealkylation sites (tertiary alicyclic amines) is 1. The number of alkyl halides is 1. The normalized spacial score (nSPS) is 20.9. The first-order valence-corrected chi connectivity index (χ1v) is 7.75. The molecule has 0 radical (unpaired) electrons. The Hall–Kier alpha value is -1.06. The number of nitrogens with zero attached hydrogens (tertiary/aromatic N) is 2. The molecular formula is C16H23ClN2O. The molecule has 0 aliphatic carbocycles. The van der Waals surface area contributed by atoms with Gasteiger partial charge in [0.05, 0.1) is 0 Å². The van der Waals surface area contributed by atoms with Crippen LogP contribution in [0.1, 0.15) is 30.7 Å². The third-order valence-electron chi connectivity index (χ3n) is 4.08. The minimum atomic E-state index is -0.585. The van der Waals surface area contributed by atoms with Gasteiger partial charge in [0, 0.05) is 19.6 Å². The van der Waals surface area contributed by atoms with E-state index in [9.17, 15) is 4.79 Å². The predicted molar refractivity (Wildman–Crippen MR) is 82.9 cm³/mol. The first-order valence-electron chi connectivity index (χ1n) is 7.31. The van der Waals surface area contributed by atoms with Crippen LogP contribution in [0.4, 0.5) is 0 Å². The van der Waals surface area contributed by atoms with E-state index >= 15 is 0 Å². The third-order valence-corrected chi connectivity index (χ3v) is 4.51. The molecule has 1 heterocycles. The van der Waals surface area contributed by atoms with Gasteiger partial charge < -0.3 is 4.90 Å². The number of benzene rings is 1. The monoisotopic (exact) mass is 294 g/mol. The van der Waals surface area contributed by atoms with E-state index in [1.165, 1.54) is 12.8 Å². The van der Waals surface area contributed by atoms with E-state index in [0.717, 1.165) is 25.2 Å². The van der Waals surface area contributed by atoms with Gasteiger partial charge in [0.15, 0.2) is 0 Å². The van der Waals surface area contributed by atoms with E-state index in [0.29, 0.717) is 6.04 Å². The van der Waals surface area contributed by atoms with Crippen LogP contribution < -0.4 is 0 Å². The zero-order chi connectivity index (χ0) is 14.5.